The first-order valence-electron chi connectivity index (χ1n) is 11.7. The lowest BCUT2D eigenvalue weighted by Crippen LogP contribution is -2.45. The van der Waals surface area contributed by atoms with Crippen LogP contribution in [0.4, 0.5) is 0 Å². The van der Waals surface area contributed by atoms with E-state index in [2.05, 4.69) is 6.92 Å². The molecule has 1 unspecified atom stereocenters. The number of hydrogen-bond acceptors (Lipinski definition) is 9. The van der Waals surface area contributed by atoms with Crippen molar-refractivity contribution in [3.8, 4) is 0 Å². The zero-order valence-electron chi connectivity index (χ0n) is 19.9. The minimum Gasteiger partial charge on any atom is -0.465 e. The lowest BCUT2D eigenvalue weighted by atomic mass is 9.90. The summed E-state index contributed by atoms with van der Waals surface area (Å²) in [7, 11) is 0. The van der Waals surface area contributed by atoms with E-state index in [0.717, 1.165) is 38.5 Å². The maximum atomic E-state index is 12.1. The molecular weight excluding hydrogens is 420 g/mol. The van der Waals surface area contributed by atoms with Gasteiger partial charge in [-0.3, -0.25) is 9.59 Å². The monoisotopic (exact) mass is 464 g/mol. The van der Waals surface area contributed by atoms with Crippen LogP contribution in [-0.2, 0) is 23.8 Å². The van der Waals surface area contributed by atoms with E-state index >= 15 is 0 Å². The van der Waals surface area contributed by atoms with Crippen LogP contribution in [0.5, 0.6) is 0 Å². The first-order valence-corrected chi connectivity index (χ1v) is 11.7. The number of carbonyl (C=O) groups excluding carboxylic acids is 2. The highest BCUT2D eigenvalue weighted by atomic mass is 16.6. The molecule has 0 aliphatic rings. The van der Waals surface area contributed by atoms with E-state index in [1.165, 1.54) is 0 Å². The molecule has 0 rings (SSSR count). The van der Waals surface area contributed by atoms with Crippen LogP contribution in [0, 0.1) is 10.8 Å². The van der Waals surface area contributed by atoms with Crippen molar-refractivity contribution in [2.24, 2.45) is 10.8 Å². The quantitative estimate of drug-likeness (QED) is 0.147. The summed E-state index contributed by atoms with van der Waals surface area (Å²) in [5.74, 6) is -0.811. The van der Waals surface area contributed by atoms with E-state index in [1.54, 1.807) is 0 Å². The van der Waals surface area contributed by atoms with Crippen LogP contribution in [0.1, 0.15) is 71.6 Å². The molecule has 0 aliphatic carbocycles. The Bertz CT molecular complexity index is 486. The Balaban J connectivity index is 4.94. The number of aliphatic hydroxyl groups is 4. The van der Waals surface area contributed by atoms with Crippen molar-refractivity contribution in [3.05, 3.63) is 0 Å². The lowest BCUT2D eigenvalue weighted by Gasteiger charge is -2.33. The molecular formula is C23H44O9. The first-order chi connectivity index (χ1) is 15.4. The zero-order chi connectivity index (χ0) is 24.3. The number of carbonyl (C=O) groups is 2. The van der Waals surface area contributed by atoms with Crippen LogP contribution in [0.3, 0.4) is 0 Å². The highest BCUT2D eigenvalue weighted by Crippen LogP contribution is 2.23. The van der Waals surface area contributed by atoms with Gasteiger partial charge >= 0.3 is 11.9 Å². The summed E-state index contributed by atoms with van der Waals surface area (Å²) in [6.45, 7) is 1.36. The molecule has 0 bridgehead atoms. The number of ether oxygens (including phenoxy) is 3. The molecule has 0 aromatic carbocycles. The van der Waals surface area contributed by atoms with E-state index in [0.29, 0.717) is 6.42 Å². The van der Waals surface area contributed by atoms with Gasteiger partial charge in [-0.1, -0.05) is 46.0 Å². The predicted octanol–water partition coefficient (Wildman–Crippen LogP) is 1.58. The summed E-state index contributed by atoms with van der Waals surface area (Å²) in [5, 5.41) is 38.4. The average molecular weight is 465 g/mol. The summed E-state index contributed by atoms with van der Waals surface area (Å²) in [5.41, 5.74) is -2.43. The second-order valence-corrected chi connectivity index (χ2v) is 8.71. The predicted molar refractivity (Wildman–Crippen MR) is 119 cm³/mol. The third kappa shape index (κ3) is 12.7. The average Bonchev–Trinajstić information content (AvgIpc) is 2.82. The van der Waals surface area contributed by atoms with Gasteiger partial charge in [0.2, 0.25) is 0 Å². The van der Waals surface area contributed by atoms with Gasteiger partial charge in [0.05, 0.1) is 50.5 Å². The number of rotatable bonds is 21. The second kappa shape index (κ2) is 18.2. The molecule has 9 heteroatoms. The number of hydrogen-bond donors (Lipinski definition) is 4. The summed E-state index contributed by atoms with van der Waals surface area (Å²) in [4.78, 5) is 24.1. The highest BCUT2D eigenvalue weighted by Gasteiger charge is 2.36. The molecule has 0 spiro atoms. The molecule has 0 radical (unpaired) electrons. The van der Waals surface area contributed by atoms with E-state index in [-0.39, 0.29) is 39.3 Å². The van der Waals surface area contributed by atoms with Gasteiger partial charge in [0, 0.05) is 12.8 Å². The smallest absolute Gasteiger partial charge is 0.305 e. The number of unbranched alkanes of at least 4 members (excludes halogenated alkanes) is 5. The van der Waals surface area contributed by atoms with E-state index in [9.17, 15) is 30.0 Å². The third-order valence-corrected chi connectivity index (χ3v) is 5.46. The Morgan fingerprint density at radius 2 is 1.03 bits per heavy atom. The molecule has 0 amide bonds. The first kappa shape index (κ1) is 30.7. The Hall–Kier alpha value is -1.26. The molecule has 0 saturated carbocycles. The largest absolute Gasteiger partial charge is 0.465 e. The Morgan fingerprint density at radius 3 is 1.50 bits per heavy atom. The molecule has 0 aliphatic heterocycles. The van der Waals surface area contributed by atoms with Gasteiger partial charge in [-0.2, -0.15) is 0 Å². The van der Waals surface area contributed by atoms with Crippen molar-refractivity contribution in [1.29, 1.82) is 0 Å². The van der Waals surface area contributed by atoms with Crippen LogP contribution >= 0.6 is 0 Å². The second-order valence-electron chi connectivity index (χ2n) is 8.71. The normalized spacial score (nSPS) is 13.6. The fourth-order valence-corrected chi connectivity index (χ4v) is 2.84. The molecule has 4 N–H and O–H groups in total. The van der Waals surface area contributed by atoms with Crippen molar-refractivity contribution < 1.29 is 44.2 Å². The molecule has 0 aromatic heterocycles. The maximum Gasteiger partial charge on any atom is 0.305 e. The van der Waals surface area contributed by atoms with Crippen molar-refractivity contribution in [2.75, 3.05) is 52.9 Å². The van der Waals surface area contributed by atoms with E-state index in [1.807, 2.05) is 6.92 Å². The molecule has 0 heterocycles. The fraction of sp³-hybridized carbons (Fsp3) is 0.913. The van der Waals surface area contributed by atoms with Crippen molar-refractivity contribution >= 4 is 11.9 Å². The number of esters is 2. The molecule has 0 aromatic rings. The van der Waals surface area contributed by atoms with Crippen molar-refractivity contribution in [3.63, 3.8) is 0 Å². The van der Waals surface area contributed by atoms with Crippen LogP contribution in [0.25, 0.3) is 0 Å². The highest BCUT2D eigenvalue weighted by molar-refractivity contribution is 5.69. The van der Waals surface area contributed by atoms with Crippen LogP contribution in [0.15, 0.2) is 0 Å². The molecule has 0 saturated heterocycles. The summed E-state index contributed by atoms with van der Waals surface area (Å²) < 4.78 is 16.2. The molecule has 9 nitrogen and oxygen atoms in total. The maximum absolute atomic E-state index is 12.1. The standard InChI is InChI=1S/C23H44O9/c1-3-5-7-8-9-11-21(29)32-19-23(15-27,18-31-20(28)10-6-4-2)17-30-16-22(12-24,13-25)14-26/h24-27H,3-19H2,1-2H3. The lowest BCUT2D eigenvalue weighted by molar-refractivity contribution is -0.163. The summed E-state index contributed by atoms with van der Waals surface area (Å²) in [6, 6.07) is 0. The van der Waals surface area contributed by atoms with Crippen LogP contribution in [-0.4, -0.2) is 85.2 Å². The van der Waals surface area contributed by atoms with Gasteiger partial charge in [-0.05, 0) is 12.8 Å². The van der Waals surface area contributed by atoms with Gasteiger partial charge in [0.25, 0.3) is 0 Å². The molecule has 32 heavy (non-hydrogen) atoms. The van der Waals surface area contributed by atoms with Gasteiger partial charge in [0.15, 0.2) is 0 Å². The zero-order valence-corrected chi connectivity index (χ0v) is 19.9. The number of aliphatic hydroxyl groups excluding tert-OH is 4. The van der Waals surface area contributed by atoms with E-state index < -0.39 is 49.2 Å². The van der Waals surface area contributed by atoms with Gasteiger partial charge in [0.1, 0.15) is 13.2 Å². The minimum absolute atomic E-state index is 0.157. The summed E-state index contributed by atoms with van der Waals surface area (Å²) >= 11 is 0. The van der Waals surface area contributed by atoms with Gasteiger partial charge < -0.3 is 34.6 Å². The van der Waals surface area contributed by atoms with Crippen molar-refractivity contribution in [2.45, 2.75) is 71.6 Å². The Labute approximate surface area is 192 Å². The van der Waals surface area contributed by atoms with Crippen molar-refractivity contribution in [1.82, 2.24) is 0 Å². The molecule has 1 atom stereocenters. The van der Waals surface area contributed by atoms with Gasteiger partial charge in [-0.15, -0.1) is 0 Å². The Morgan fingerprint density at radius 1 is 0.594 bits per heavy atom. The third-order valence-electron chi connectivity index (χ3n) is 5.46. The SMILES string of the molecule is CCCCCCCC(=O)OCC(CO)(COCC(CO)(CO)CO)COC(=O)CCCC. The Kier molecular flexibility index (Phi) is 17.5. The fourth-order valence-electron chi connectivity index (χ4n) is 2.84. The van der Waals surface area contributed by atoms with Crippen LogP contribution < -0.4 is 0 Å². The minimum atomic E-state index is -1.24. The summed E-state index contributed by atoms with van der Waals surface area (Å²) in [6.07, 6.45) is 7.01. The van der Waals surface area contributed by atoms with Crippen LogP contribution in [0.2, 0.25) is 0 Å². The van der Waals surface area contributed by atoms with Gasteiger partial charge in [-0.25, -0.2) is 0 Å². The van der Waals surface area contributed by atoms with E-state index in [4.69, 9.17) is 14.2 Å². The molecule has 0 fully saturated rings. The molecule has 190 valence electrons. The topological polar surface area (TPSA) is 143 Å².